The molecule has 3 aromatic carbocycles. The molecule has 258 valence electrons. The number of carbonyl (C=O) groups is 4. The van der Waals surface area contributed by atoms with Crippen molar-refractivity contribution in [3.63, 3.8) is 0 Å². The van der Waals surface area contributed by atoms with Crippen LogP contribution in [0.4, 0.5) is 10.5 Å². The molecule has 0 radical (unpaired) electrons. The summed E-state index contributed by atoms with van der Waals surface area (Å²) in [6.07, 6.45) is -0.472. The minimum atomic E-state index is -1.13. The number of thioether (sulfide) groups is 1. The number of aromatic nitrogens is 1. The van der Waals surface area contributed by atoms with Crippen molar-refractivity contribution >= 4 is 41.3 Å². The van der Waals surface area contributed by atoms with Crippen LogP contribution < -0.4 is 37.9 Å². The van der Waals surface area contributed by atoms with Gasteiger partial charge < -0.3 is 48.1 Å². The van der Waals surface area contributed by atoms with Crippen LogP contribution in [-0.2, 0) is 27.3 Å². The Labute approximate surface area is 287 Å². The molecule has 14 nitrogen and oxygen atoms in total. The van der Waals surface area contributed by atoms with E-state index in [1.165, 1.54) is 10.6 Å². The average molecular weight is 690 g/mol. The van der Waals surface area contributed by atoms with Crippen LogP contribution in [0.15, 0.2) is 95.9 Å². The minimum Gasteiger partial charge on any atom is -0.494 e. The average Bonchev–Trinajstić information content (AvgIpc) is 3.35. The van der Waals surface area contributed by atoms with Gasteiger partial charge in [0.15, 0.2) is 5.88 Å². The van der Waals surface area contributed by atoms with Gasteiger partial charge in [-0.1, -0.05) is 60.7 Å². The van der Waals surface area contributed by atoms with E-state index in [-0.39, 0.29) is 55.1 Å². The molecule has 0 aliphatic heterocycles. The van der Waals surface area contributed by atoms with Gasteiger partial charge in [0, 0.05) is 24.1 Å². The molecule has 0 fully saturated rings. The van der Waals surface area contributed by atoms with Gasteiger partial charge in [-0.25, -0.2) is 4.79 Å². The van der Waals surface area contributed by atoms with E-state index in [0.29, 0.717) is 10.6 Å². The first kappa shape index (κ1) is 36.3. The number of rotatable bonds is 16. The Bertz CT molecular complexity index is 1720. The number of benzene rings is 3. The number of aromatic hydroxyl groups is 2. The Morgan fingerprint density at radius 2 is 1.49 bits per heavy atom. The zero-order chi connectivity index (χ0) is 35.3. The predicted octanol–water partition coefficient (Wildman–Crippen LogP) is 2.02. The lowest BCUT2D eigenvalue weighted by atomic mass is 10.1. The summed E-state index contributed by atoms with van der Waals surface area (Å²) in [7, 11) is 0. The van der Waals surface area contributed by atoms with E-state index in [9.17, 15) is 29.4 Å². The maximum absolute atomic E-state index is 12.7. The van der Waals surface area contributed by atoms with Gasteiger partial charge in [-0.2, -0.15) is 0 Å². The van der Waals surface area contributed by atoms with E-state index in [1.54, 1.807) is 48.5 Å². The van der Waals surface area contributed by atoms with Crippen LogP contribution in [0.25, 0.3) is 0 Å². The molecule has 3 unspecified atom stereocenters. The van der Waals surface area contributed by atoms with Crippen LogP contribution in [-0.4, -0.2) is 69.0 Å². The third kappa shape index (κ3) is 11.0. The normalized spacial score (nSPS) is 12.7. The van der Waals surface area contributed by atoms with Crippen LogP contribution in [0.1, 0.15) is 17.5 Å². The zero-order valence-electron chi connectivity index (χ0n) is 26.5. The summed E-state index contributed by atoms with van der Waals surface area (Å²) in [5.74, 6) is -1.95. The van der Waals surface area contributed by atoms with Crippen LogP contribution >= 0.6 is 11.8 Å². The number of hydrogen-bond acceptors (Lipinski definition) is 10. The van der Waals surface area contributed by atoms with Gasteiger partial charge in [0.25, 0.3) is 0 Å². The molecule has 0 saturated carbocycles. The van der Waals surface area contributed by atoms with Gasteiger partial charge in [0.2, 0.25) is 23.6 Å². The van der Waals surface area contributed by atoms with Crippen molar-refractivity contribution in [2.45, 2.75) is 42.4 Å². The Hall–Kier alpha value is -5.51. The largest absolute Gasteiger partial charge is 0.494 e. The second kappa shape index (κ2) is 17.6. The van der Waals surface area contributed by atoms with Crippen LogP contribution in [0.5, 0.6) is 17.5 Å². The van der Waals surface area contributed by atoms with Gasteiger partial charge in [0.05, 0.1) is 23.5 Å². The number of nitrogens with zero attached hydrogens (tertiary/aromatic N) is 1. The topological polar surface area (TPSA) is 237 Å². The summed E-state index contributed by atoms with van der Waals surface area (Å²) in [5.41, 5.74) is 19.8. The molecule has 0 saturated heterocycles. The number of amides is 4. The Balaban J connectivity index is 1.17. The van der Waals surface area contributed by atoms with Crippen LogP contribution in [0.3, 0.4) is 0 Å². The SMILES string of the molecule is NC(=O)C(CSc1cc(O)n(Cc2ccccc2)c1O)NC(=O)C(N)CCNC(=O)Oc1ccc(CC(N)C(=O)Nc2ccccc2)cc1. The first-order valence-corrected chi connectivity index (χ1v) is 16.3. The fourth-order valence-electron chi connectivity index (χ4n) is 4.58. The molecular formula is C34H39N7O7S. The second-order valence-electron chi connectivity index (χ2n) is 11.1. The van der Waals surface area contributed by atoms with Gasteiger partial charge in [-0.3, -0.25) is 19.0 Å². The molecule has 1 heterocycles. The third-order valence-corrected chi connectivity index (χ3v) is 8.40. The minimum absolute atomic E-state index is 0.00501. The standard InChI is InChI=1S/C34H39N7O7S/c35-25(31(44)40-27(30(37)43)20-49-28-18-29(42)41(33(28)46)19-22-7-3-1-4-8-22)15-16-38-34(47)48-24-13-11-21(12-14-24)17-26(36)32(45)39-23-9-5-2-6-10-23/h1-14,18,25-27,42,46H,15-17,19-20,35-36H2,(H2,37,43)(H,38,47)(H,39,45)(H,40,44). The van der Waals surface area contributed by atoms with Gasteiger partial charge in [0.1, 0.15) is 11.8 Å². The number of nitrogens with one attached hydrogen (secondary N) is 3. The zero-order valence-corrected chi connectivity index (χ0v) is 27.3. The van der Waals surface area contributed by atoms with Crippen molar-refractivity contribution in [3.8, 4) is 17.5 Å². The molecular weight excluding hydrogens is 650 g/mol. The molecule has 0 spiro atoms. The number of ether oxygens (including phenoxy) is 1. The Kier molecular flexibility index (Phi) is 13.0. The molecule has 0 aliphatic rings. The predicted molar refractivity (Wildman–Crippen MR) is 185 cm³/mol. The van der Waals surface area contributed by atoms with E-state index in [1.807, 2.05) is 36.4 Å². The highest BCUT2D eigenvalue weighted by Crippen LogP contribution is 2.36. The van der Waals surface area contributed by atoms with E-state index >= 15 is 0 Å². The lowest BCUT2D eigenvalue weighted by Crippen LogP contribution is -2.52. The number of hydrogen-bond donors (Lipinski definition) is 8. The van der Waals surface area contributed by atoms with Crippen molar-refractivity contribution < 1.29 is 34.1 Å². The molecule has 1 aromatic heterocycles. The fourth-order valence-corrected chi connectivity index (χ4v) is 5.60. The van der Waals surface area contributed by atoms with E-state index in [2.05, 4.69) is 16.0 Å². The monoisotopic (exact) mass is 689 g/mol. The first-order chi connectivity index (χ1) is 23.5. The highest BCUT2D eigenvalue weighted by Gasteiger charge is 2.24. The maximum Gasteiger partial charge on any atom is 0.412 e. The van der Waals surface area contributed by atoms with Crippen molar-refractivity contribution in [1.82, 2.24) is 15.2 Å². The summed E-state index contributed by atoms with van der Waals surface area (Å²) in [6.45, 7) is 0.221. The number of carbonyl (C=O) groups excluding carboxylic acids is 4. The molecule has 3 atom stereocenters. The fraction of sp³-hybridized carbons (Fsp3) is 0.235. The van der Waals surface area contributed by atoms with Crippen molar-refractivity contribution in [3.05, 3.63) is 102 Å². The summed E-state index contributed by atoms with van der Waals surface area (Å²) >= 11 is 1.03. The van der Waals surface area contributed by atoms with Gasteiger partial charge in [-0.05, 0) is 48.2 Å². The van der Waals surface area contributed by atoms with E-state index < -0.39 is 36.0 Å². The molecule has 49 heavy (non-hydrogen) atoms. The molecule has 4 amide bonds. The highest BCUT2D eigenvalue weighted by atomic mass is 32.2. The van der Waals surface area contributed by atoms with Crippen molar-refractivity contribution in [2.75, 3.05) is 17.6 Å². The highest BCUT2D eigenvalue weighted by molar-refractivity contribution is 7.99. The lowest BCUT2D eigenvalue weighted by molar-refractivity contribution is -0.127. The molecule has 0 bridgehead atoms. The Morgan fingerprint density at radius 3 is 2.14 bits per heavy atom. The summed E-state index contributed by atoms with van der Waals surface area (Å²) in [5, 5.41) is 28.7. The molecule has 15 heteroatoms. The maximum atomic E-state index is 12.7. The Morgan fingerprint density at radius 1 is 0.837 bits per heavy atom. The second-order valence-corrected chi connectivity index (χ2v) is 12.1. The van der Waals surface area contributed by atoms with Crippen LogP contribution in [0, 0.1) is 0 Å². The van der Waals surface area contributed by atoms with Gasteiger partial charge >= 0.3 is 6.09 Å². The molecule has 4 aromatic rings. The molecule has 4 rings (SSSR count). The summed E-state index contributed by atoms with van der Waals surface area (Å²) < 4.78 is 6.57. The third-order valence-electron chi connectivity index (χ3n) is 7.29. The quantitative estimate of drug-likeness (QED) is 0.0797. The smallest absolute Gasteiger partial charge is 0.412 e. The lowest BCUT2D eigenvalue weighted by Gasteiger charge is -2.18. The van der Waals surface area contributed by atoms with E-state index in [0.717, 1.165) is 22.9 Å². The van der Waals surface area contributed by atoms with E-state index in [4.69, 9.17) is 21.9 Å². The number of nitrogens with two attached hydrogens (primary N) is 3. The summed E-state index contributed by atoms with van der Waals surface area (Å²) in [4.78, 5) is 49.7. The molecule has 0 aliphatic carbocycles. The molecule has 11 N–H and O–H groups in total. The van der Waals surface area contributed by atoms with Crippen molar-refractivity contribution in [1.29, 1.82) is 0 Å². The number of para-hydroxylation sites is 1. The van der Waals surface area contributed by atoms with Gasteiger partial charge in [-0.15, -0.1) is 11.8 Å². The summed E-state index contributed by atoms with van der Waals surface area (Å²) in [6, 6.07) is 23.1. The van der Waals surface area contributed by atoms with Crippen LogP contribution in [0.2, 0.25) is 0 Å². The van der Waals surface area contributed by atoms with Crippen molar-refractivity contribution in [2.24, 2.45) is 17.2 Å². The number of anilines is 1. The number of primary amides is 1. The first-order valence-electron chi connectivity index (χ1n) is 15.3.